The van der Waals surface area contributed by atoms with Gasteiger partial charge in [-0.3, -0.25) is 14.4 Å². The number of hydrogen-bond donors (Lipinski definition) is 0. The van der Waals surface area contributed by atoms with E-state index in [1.807, 2.05) is 30.1 Å². The van der Waals surface area contributed by atoms with Crippen LogP contribution in [0, 0.1) is 0 Å². The molecule has 132 valence electrons. The van der Waals surface area contributed by atoms with E-state index in [1.165, 1.54) is 43.2 Å². The van der Waals surface area contributed by atoms with Gasteiger partial charge >= 0.3 is 0 Å². The molecule has 5 nitrogen and oxygen atoms in total. The van der Waals surface area contributed by atoms with E-state index in [9.17, 15) is 9.59 Å². The molecule has 2 amide bonds. The molecule has 0 saturated heterocycles. The van der Waals surface area contributed by atoms with Gasteiger partial charge in [0.2, 0.25) is 5.91 Å². The van der Waals surface area contributed by atoms with Crippen molar-refractivity contribution in [1.29, 1.82) is 0 Å². The predicted molar refractivity (Wildman–Crippen MR) is 95.9 cm³/mol. The van der Waals surface area contributed by atoms with Crippen molar-refractivity contribution in [1.82, 2.24) is 9.96 Å². The third-order valence-corrected chi connectivity index (χ3v) is 5.60. The van der Waals surface area contributed by atoms with Gasteiger partial charge in [0.05, 0.1) is 18.4 Å². The molecule has 0 atom stereocenters. The molecule has 24 heavy (non-hydrogen) atoms. The highest BCUT2D eigenvalue weighted by atomic mass is 32.2. The van der Waals surface area contributed by atoms with Gasteiger partial charge in [-0.1, -0.05) is 31.4 Å². The van der Waals surface area contributed by atoms with E-state index in [2.05, 4.69) is 0 Å². The molecule has 0 unspecified atom stereocenters. The van der Waals surface area contributed by atoms with Gasteiger partial charge in [-0.15, -0.1) is 11.8 Å². The standard InChI is InChI=1S/C18H26N2O3S/c1-19(14-9-5-4-6-10-14)17(21)13-24-16-12-8-7-11-15(16)18(22)20(2)23-3/h7-8,11-12,14H,4-6,9-10,13H2,1-3H3. The van der Waals surface area contributed by atoms with Crippen LogP contribution < -0.4 is 0 Å². The summed E-state index contributed by atoms with van der Waals surface area (Å²) in [5.74, 6) is 0.247. The van der Waals surface area contributed by atoms with Gasteiger partial charge in [-0.25, -0.2) is 5.06 Å². The summed E-state index contributed by atoms with van der Waals surface area (Å²) in [4.78, 5) is 32.4. The summed E-state index contributed by atoms with van der Waals surface area (Å²) in [6.45, 7) is 0. The lowest BCUT2D eigenvalue weighted by Crippen LogP contribution is -2.39. The summed E-state index contributed by atoms with van der Waals surface area (Å²) in [5.41, 5.74) is 0.556. The second-order valence-corrected chi connectivity index (χ2v) is 7.08. The summed E-state index contributed by atoms with van der Waals surface area (Å²) in [6.07, 6.45) is 5.88. The molecule has 1 saturated carbocycles. The Morgan fingerprint density at radius 1 is 1.17 bits per heavy atom. The average Bonchev–Trinajstić information content (AvgIpc) is 2.65. The molecule has 0 spiro atoms. The zero-order valence-electron chi connectivity index (χ0n) is 14.7. The molecule has 1 aliphatic carbocycles. The zero-order chi connectivity index (χ0) is 17.5. The third kappa shape index (κ3) is 4.74. The van der Waals surface area contributed by atoms with Crippen LogP contribution in [0.3, 0.4) is 0 Å². The van der Waals surface area contributed by atoms with Crippen molar-refractivity contribution in [3.05, 3.63) is 29.8 Å². The number of benzene rings is 1. The molecule has 0 aliphatic heterocycles. The van der Waals surface area contributed by atoms with E-state index in [0.717, 1.165) is 17.7 Å². The van der Waals surface area contributed by atoms with E-state index in [-0.39, 0.29) is 11.8 Å². The van der Waals surface area contributed by atoms with Crippen molar-refractivity contribution in [2.75, 3.05) is 27.0 Å². The van der Waals surface area contributed by atoms with Crippen molar-refractivity contribution in [3.63, 3.8) is 0 Å². The highest BCUT2D eigenvalue weighted by molar-refractivity contribution is 8.00. The van der Waals surface area contributed by atoms with Gasteiger partial charge in [-0.05, 0) is 25.0 Å². The number of hydrogen-bond acceptors (Lipinski definition) is 4. The molecule has 0 radical (unpaired) electrons. The van der Waals surface area contributed by atoms with Crippen molar-refractivity contribution in [3.8, 4) is 0 Å². The average molecular weight is 350 g/mol. The number of thioether (sulfide) groups is 1. The minimum absolute atomic E-state index is 0.120. The summed E-state index contributed by atoms with van der Waals surface area (Å²) in [5, 5.41) is 1.19. The molecule has 0 heterocycles. The molecular weight excluding hydrogens is 324 g/mol. The fraction of sp³-hybridized carbons (Fsp3) is 0.556. The van der Waals surface area contributed by atoms with Crippen LogP contribution in [-0.4, -0.2) is 54.8 Å². The summed E-state index contributed by atoms with van der Waals surface area (Å²) < 4.78 is 0. The van der Waals surface area contributed by atoms with Gasteiger partial charge in [0.1, 0.15) is 0 Å². The van der Waals surface area contributed by atoms with Crippen LogP contribution in [0.5, 0.6) is 0 Å². The van der Waals surface area contributed by atoms with E-state index in [4.69, 9.17) is 4.84 Å². The van der Waals surface area contributed by atoms with Crippen molar-refractivity contribution in [2.45, 2.75) is 43.0 Å². The Kier molecular flexibility index (Phi) is 7.12. The van der Waals surface area contributed by atoms with Crippen LogP contribution in [0.2, 0.25) is 0 Å². The van der Waals surface area contributed by atoms with Crippen LogP contribution in [0.1, 0.15) is 42.5 Å². The molecule has 0 N–H and O–H groups in total. The Balaban J connectivity index is 1.98. The van der Waals surface area contributed by atoms with E-state index < -0.39 is 0 Å². The number of rotatable bonds is 6. The van der Waals surface area contributed by atoms with Crippen molar-refractivity contribution >= 4 is 23.6 Å². The van der Waals surface area contributed by atoms with Gasteiger partial charge in [0.15, 0.2) is 0 Å². The Hall–Kier alpha value is -1.53. The molecule has 0 bridgehead atoms. The lowest BCUT2D eigenvalue weighted by atomic mass is 9.94. The number of amides is 2. The number of carbonyl (C=O) groups excluding carboxylic acids is 2. The summed E-state index contributed by atoms with van der Waals surface area (Å²) in [7, 11) is 4.93. The smallest absolute Gasteiger partial charge is 0.278 e. The maximum absolute atomic E-state index is 12.5. The summed E-state index contributed by atoms with van der Waals surface area (Å²) >= 11 is 1.41. The topological polar surface area (TPSA) is 49.9 Å². The molecule has 1 aromatic rings. The molecule has 1 fully saturated rings. The quantitative estimate of drug-likeness (QED) is 0.584. The van der Waals surface area contributed by atoms with Crippen LogP contribution in [0.4, 0.5) is 0 Å². The van der Waals surface area contributed by atoms with E-state index in [1.54, 1.807) is 13.1 Å². The maximum atomic E-state index is 12.5. The SMILES string of the molecule is CON(C)C(=O)c1ccccc1SCC(=O)N(C)C1CCCCC1. The van der Waals surface area contributed by atoms with Gasteiger partial charge < -0.3 is 4.90 Å². The second-order valence-electron chi connectivity index (χ2n) is 6.07. The normalized spacial score (nSPS) is 15.1. The third-order valence-electron chi connectivity index (χ3n) is 4.54. The van der Waals surface area contributed by atoms with Crippen LogP contribution in [0.25, 0.3) is 0 Å². The Bertz CT molecular complexity index is 573. The van der Waals surface area contributed by atoms with Crippen molar-refractivity contribution in [2.24, 2.45) is 0 Å². The first kappa shape index (κ1) is 18.8. The Labute approximate surface area is 148 Å². The molecule has 0 aromatic heterocycles. The number of nitrogens with zero attached hydrogens (tertiary/aromatic N) is 2. The zero-order valence-corrected chi connectivity index (χ0v) is 15.5. The molecule has 6 heteroatoms. The molecular formula is C18H26N2O3S. The molecule has 1 aromatic carbocycles. The van der Waals surface area contributed by atoms with Crippen LogP contribution in [0.15, 0.2) is 29.2 Å². The minimum Gasteiger partial charge on any atom is -0.342 e. The van der Waals surface area contributed by atoms with Crippen molar-refractivity contribution < 1.29 is 14.4 Å². The first-order chi connectivity index (χ1) is 11.5. The fourth-order valence-electron chi connectivity index (χ4n) is 2.94. The summed E-state index contributed by atoms with van der Waals surface area (Å²) in [6, 6.07) is 7.69. The monoisotopic (exact) mass is 350 g/mol. The van der Waals surface area contributed by atoms with Gasteiger partial charge in [-0.2, -0.15) is 0 Å². The molecule has 2 rings (SSSR count). The van der Waals surface area contributed by atoms with E-state index in [0.29, 0.717) is 17.4 Å². The fourth-order valence-corrected chi connectivity index (χ4v) is 3.90. The first-order valence-electron chi connectivity index (χ1n) is 8.34. The molecule has 1 aliphatic rings. The number of hydroxylamine groups is 2. The predicted octanol–water partition coefficient (Wildman–Crippen LogP) is 3.20. The maximum Gasteiger partial charge on any atom is 0.278 e. The van der Waals surface area contributed by atoms with Gasteiger partial charge in [0, 0.05) is 25.0 Å². The van der Waals surface area contributed by atoms with Gasteiger partial charge in [0.25, 0.3) is 5.91 Å². The highest BCUT2D eigenvalue weighted by Crippen LogP contribution is 2.26. The highest BCUT2D eigenvalue weighted by Gasteiger charge is 2.23. The second kappa shape index (κ2) is 9.08. The lowest BCUT2D eigenvalue weighted by Gasteiger charge is -2.31. The lowest BCUT2D eigenvalue weighted by molar-refractivity contribution is -0.129. The first-order valence-corrected chi connectivity index (χ1v) is 9.32. The van der Waals surface area contributed by atoms with Crippen LogP contribution in [-0.2, 0) is 9.63 Å². The Morgan fingerprint density at radius 2 is 1.83 bits per heavy atom. The number of carbonyl (C=O) groups is 2. The Morgan fingerprint density at radius 3 is 2.50 bits per heavy atom. The van der Waals surface area contributed by atoms with E-state index >= 15 is 0 Å². The largest absolute Gasteiger partial charge is 0.342 e. The van der Waals surface area contributed by atoms with Crippen LogP contribution >= 0.6 is 11.8 Å². The minimum atomic E-state index is -0.214.